The van der Waals surface area contributed by atoms with Crippen molar-refractivity contribution in [1.29, 1.82) is 0 Å². The van der Waals surface area contributed by atoms with Crippen LogP contribution in [-0.2, 0) is 6.54 Å². The zero-order valence-electron chi connectivity index (χ0n) is 18.5. The van der Waals surface area contributed by atoms with Crippen LogP contribution in [0.2, 0.25) is 0 Å². The standard InChI is InChI=1S/C25H24N6O3/c32-21-6-2-1-3-14-30-24(33)19-15-26-25(27-16-8-10-17(11-9-16)34-18-12-13-18)29-23(19)31(30)22-7-4-5-20(21)28-22/h1,3-5,7-11,15,18,21,32H,2,6,12-14H2,(H,26,27,29)/b3-1-. The number of allylic oxidation sites excluding steroid dienone is 2. The molecule has 1 unspecified atom stereocenters. The van der Waals surface area contributed by atoms with Crippen molar-refractivity contribution in [2.24, 2.45) is 0 Å². The minimum Gasteiger partial charge on any atom is -0.490 e. The van der Waals surface area contributed by atoms with E-state index in [0.29, 0.717) is 54.0 Å². The van der Waals surface area contributed by atoms with Crippen molar-refractivity contribution in [2.75, 3.05) is 5.32 Å². The molecule has 1 saturated carbocycles. The number of aliphatic hydroxyl groups is 1. The number of fused-ring (bicyclic) bond motifs is 6. The number of anilines is 2. The Morgan fingerprint density at radius 2 is 1.88 bits per heavy atom. The molecule has 3 aromatic heterocycles. The topological polar surface area (TPSA) is 107 Å². The number of hydrogen-bond donors (Lipinski definition) is 2. The molecule has 6 rings (SSSR count). The lowest BCUT2D eigenvalue weighted by molar-refractivity contribution is 0.164. The van der Waals surface area contributed by atoms with Crippen molar-refractivity contribution in [3.63, 3.8) is 0 Å². The maximum atomic E-state index is 13.2. The lowest BCUT2D eigenvalue weighted by Gasteiger charge is -2.13. The second-order valence-electron chi connectivity index (χ2n) is 8.58. The highest BCUT2D eigenvalue weighted by atomic mass is 16.5. The number of ether oxygens (including phenoxy) is 1. The molecule has 1 fully saturated rings. The Balaban J connectivity index is 1.41. The maximum Gasteiger partial charge on any atom is 0.278 e. The molecule has 0 radical (unpaired) electrons. The van der Waals surface area contributed by atoms with Crippen molar-refractivity contribution in [3.8, 4) is 11.6 Å². The van der Waals surface area contributed by atoms with Gasteiger partial charge in [0.25, 0.3) is 5.56 Å². The van der Waals surface area contributed by atoms with Gasteiger partial charge in [-0.2, -0.15) is 4.98 Å². The highest BCUT2D eigenvalue weighted by Gasteiger charge is 2.23. The number of aromatic nitrogens is 5. The van der Waals surface area contributed by atoms with E-state index in [1.165, 1.54) is 0 Å². The van der Waals surface area contributed by atoms with E-state index in [-0.39, 0.29) is 5.56 Å². The normalized spacial score (nSPS) is 18.7. The van der Waals surface area contributed by atoms with Gasteiger partial charge in [-0.1, -0.05) is 18.2 Å². The molecule has 1 aliphatic carbocycles. The van der Waals surface area contributed by atoms with Crippen LogP contribution in [0.4, 0.5) is 11.6 Å². The molecule has 0 spiro atoms. The summed E-state index contributed by atoms with van der Waals surface area (Å²) in [5, 5.41) is 14.1. The van der Waals surface area contributed by atoms with Gasteiger partial charge in [-0.05, 0) is 62.1 Å². The summed E-state index contributed by atoms with van der Waals surface area (Å²) >= 11 is 0. The second kappa shape index (κ2) is 8.42. The van der Waals surface area contributed by atoms with Crippen LogP contribution in [0.15, 0.2) is 65.6 Å². The molecule has 2 N–H and O–H groups in total. The van der Waals surface area contributed by atoms with Crippen molar-refractivity contribution in [2.45, 2.75) is 44.4 Å². The van der Waals surface area contributed by atoms with Crippen LogP contribution in [-0.4, -0.2) is 35.5 Å². The Morgan fingerprint density at radius 1 is 1.03 bits per heavy atom. The second-order valence-corrected chi connectivity index (χ2v) is 8.58. The molecule has 34 heavy (non-hydrogen) atoms. The van der Waals surface area contributed by atoms with Crippen LogP contribution in [0.1, 0.15) is 37.5 Å². The van der Waals surface area contributed by atoms with E-state index in [4.69, 9.17) is 4.74 Å². The van der Waals surface area contributed by atoms with Crippen LogP contribution in [0.25, 0.3) is 16.9 Å². The fourth-order valence-corrected chi connectivity index (χ4v) is 4.05. The zero-order chi connectivity index (χ0) is 23.1. The van der Waals surface area contributed by atoms with E-state index in [9.17, 15) is 9.90 Å². The van der Waals surface area contributed by atoms with E-state index in [1.54, 1.807) is 27.7 Å². The van der Waals surface area contributed by atoms with Crippen LogP contribution >= 0.6 is 0 Å². The Kier molecular flexibility index (Phi) is 5.10. The summed E-state index contributed by atoms with van der Waals surface area (Å²) in [6.07, 6.45) is 8.60. The maximum absolute atomic E-state index is 13.2. The van der Waals surface area contributed by atoms with Gasteiger partial charge in [0.2, 0.25) is 5.95 Å². The van der Waals surface area contributed by atoms with E-state index < -0.39 is 6.10 Å². The third-order valence-electron chi connectivity index (χ3n) is 5.98. The Morgan fingerprint density at radius 3 is 2.71 bits per heavy atom. The third-order valence-corrected chi connectivity index (χ3v) is 5.98. The minimum atomic E-state index is -0.677. The van der Waals surface area contributed by atoms with Gasteiger partial charge in [0.15, 0.2) is 11.5 Å². The largest absolute Gasteiger partial charge is 0.490 e. The first kappa shape index (κ1) is 20.6. The third kappa shape index (κ3) is 3.94. The Hall–Kier alpha value is -3.98. The average molecular weight is 457 g/mol. The lowest BCUT2D eigenvalue weighted by Crippen LogP contribution is -2.22. The van der Waals surface area contributed by atoms with E-state index >= 15 is 0 Å². The van der Waals surface area contributed by atoms with Gasteiger partial charge in [0.05, 0.1) is 24.4 Å². The summed E-state index contributed by atoms with van der Waals surface area (Å²) in [5.41, 5.74) is 1.63. The first-order valence-electron chi connectivity index (χ1n) is 11.5. The van der Waals surface area contributed by atoms with E-state index in [0.717, 1.165) is 24.3 Å². The fourth-order valence-electron chi connectivity index (χ4n) is 4.05. The van der Waals surface area contributed by atoms with E-state index in [2.05, 4.69) is 20.3 Å². The van der Waals surface area contributed by atoms with E-state index in [1.807, 2.05) is 42.5 Å². The summed E-state index contributed by atoms with van der Waals surface area (Å²) in [5.74, 6) is 1.73. The summed E-state index contributed by atoms with van der Waals surface area (Å²) in [6, 6.07) is 13.1. The molecule has 1 atom stereocenters. The van der Waals surface area contributed by atoms with Crippen LogP contribution in [0.3, 0.4) is 0 Å². The molecular formula is C25H24N6O3. The number of rotatable bonds is 4. The van der Waals surface area contributed by atoms with Gasteiger partial charge in [-0.3, -0.25) is 4.79 Å². The predicted molar refractivity (Wildman–Crippen MR) is 128 cm³/mol. The molecule has 4 heterocycles. The van der Waals surface area contributed by atoms with Gasteiger partial charge < -0.3 is 15.2 Å². The number of pyridine rings is 1. The SMILES string of the molecule is O=c1c2cnc(Nc3ccc(OC4CC4)cc3)nc2n2n1C/C=C\CCC(O)c1cccc-2n1. The van der Waals surface area contributed by atoms with Gasteiger partial charge >= 0.3 is 0 Å². The van der Waals surface area contributed by atoms with Gasteiger partial charge in [-0.25, -0.2) is 19.3 Å². The van der Waals surface area contributed by atoms with Gasteiger partial charge in [0, 0.05) is 11.9 Å². The average Bonchev–Trinajstić information content (AvgIpc) is 3.63. The Bertz CT molecular complexity index is 1440. The highest BCUT2D eigenvalue weighted by molar-refractivity contribution is 5.77. The monoisotopic (exact) mass is 456 g/mol. The smallest absolute Gasteiger partial charge is 0.278 e. The van der Waals surface area contributed by atoms with Crippen molar-refractivity contribution >= 4 is 22.7 Å². The summed E-state index contributed by atoms with van der Waals surface area (Å²) in [6.45, 7) is 0.364. The molecule has 172 valence electrons. The summed E-state index contributed by atoms with van der Waals surface area (Å²) in [4.78, 5) is 26.9. The van der Waals surface area contributed by atoms with Crippen molar-refractivity contribution < 1.29 is 9.84 Å². The molecular weight excluding hydrogens is 432 g/mol. The molecule has 2 bridgehead atoms. The van der Waals surface area contributed by atoms with Crippen molar-refractivity contribution in [1.82, 2.24) is 24.3 Å². The first-order valence-corrected chi connectivity index (χ1v) is 11.5. The van der Waals surface area contributed by atoms with Crippen molar-refractivity contribution in [3.05, 3.63) is 76.9 Å². The van der Waals surface area contributed by atoms with Crippen LogP contribution in [0, 0.1) is 0 Å². The lowest BCUT2D eigenvalue weighted by atomic mass is 10.1. The molecule has 1 aromatic carbocycles. The highest BCUT2D eigenvalue weighted by Crippen LogP contribution is 2.28. The number of hydrogen-bond acceptors (Lipinski definition) is 7. The number of nitrogens with zero attached hydrogens (tertiary/aromatic N) is 5. The zero-order valence-corrected chi connectivity index (χ0v) is 18.5. The number of benzene rings is 1. The molecule has 1 aliphatic heterocycles. The first-order chi connectivity index (χ1) is 16.7. The minimum absolute atomic E-state index is 0.195. The molecule has 2 aliphatic rings. The predicted octanol–water partition coefficient (Wildman–Crippen LogP) is 3.65. The molecule has 0 amide bonds. The van der Waals surface area contributed by atoms with Crippen LogP contribution < -0.4 is 15.6 Å². The van der Waals surface area contributed by atoms with Gasteiger partial charge in [-0.15, -0.1) is 0 Å². The fraction of sp³-hybridized carbons (Fsp3) is 0.280. The van der Waals surface area contributed by atoms with Gasteiger partial charge in [0.1, 0.15) is 11.1 Å². The summed E-state index contributed by atoms with van der Waals surface area (Å²) in [7, 11) is 0. The molecule has 9 nitrogen and oxygen atoms in total. The van der Waals surface area contributed by atoms with Crippen LogP contribution in [0.5, 0.6) is 5.75 Å². The molecule has 0 saturated heterocycles. The quantitative estimate of drug-likeness (QED) is 0.452. The number of aliphatic hydroxyl groups excluding tert-OH is 1. The molecule has 4 aromatic rings. The summed E-state index contributed by atoms with van der Waals surface area (Å²) < 4.78 is 9.09. The molecule has 9 heteroatoms. The Labute approximate surface area is 195 Å². The number of nitrogens with one attached hydrogen (secondary N) is 1.